The van der Waals surface area contributed by atoms with E-state index in [0.29, 0.717) is 19.7 Å². The van der Waals surface area contributed by atoms with Gasteiger partial charge in [-0.2, -0.15) is 0 Å². The number of carbonyl (C=O) groups excluding carboxylic acids is 1. The Bertz CT molecular complexity index is 523. The lowest BCUT2D eigenvalue weighted by Gasteiger charge is -2.35. The number of aromatic nitrogens is 1. The van der Waals surface area contributed by atoms with Crippen LogP contribution in [0.2, 0.25) is 0 Å². The lowest BCUT2D eigenvalue weighted by atomic mass is 10.3. The van der Waals surface area contributed by atoms with Crippen LogP contribution >= 0.6 is 11.3 Å². The van der Waals surface area contributed by atoms with Crippen LogP contribution in [0.4, 0.5) is 4.79 Å². The highest BCUT2D eigenvalue weighted by molar-refractivity contribution is 7.11. The minimum absolute atomic E-state index is 0.231. The van der Waals surface area contributed by atoms with Crippen molar-refractivity contribution >= 4 is 23.4 Å². The number of rotatable bonds is 3. The van der Waals surface area contributed by atoms with Crippen LogP contribution in [0.3, 0.4) is 0 Å². The zero-order chi connectivity index (χ0) is 15.9. The van der Waals surface area contributed by atoms with Crippen molar-refractivity contribution in [1.29, 1.82) is 0 Å². The molecule has 1 aromatic heterocycles. The number of carbonyl (C=O) groups is 1. The number of hydrogen-bond donors (Lipinski definition) is 1. The third-order valence-electron chi connectivity index (χ3n) is 3.41. The molecule has 1 fully saturated rings. The Balaban J connectivity index is 1.82. The van der Waals surface area contributed by atoms with E-state index in [2.05, 4.69) is 20.2 Å². The standard InChI is InChI=1S/C14H23N5O2S/c1-4-21-14(20)19-7-5-18(6-8-19)13(15-3)17-10-12-9-16-11(2)22-12/h9H,4-8,10H2,1-3H3,(H,15,17). The highest BCUT2D eigenvalue weighted by atomic mass is 32.1. The fraction of sp³-hybridized carbons (Fsp3) is 0.643. The molecule has 1 saturated heterocycles. The Morgan fingerprint density at radius 2 is 2.09 bits per heavy atom. The van der Waals surface area contributed by atoms with Gasteiger partial charge in [0.05, 0.1) is 18.2 Å². The fourth-order valence-corrected chi connectivity index (χ4v) is 3.04. The summed E-state index contributed by atoms with van der Waals surface area (Å²) in [5.74, 6) is 0.856. The Hall–Kier alpha value is -1.83. The monoisotopic (exact) mass is 325 g/mol. The molecule has 0 aliphatic carbocycles. The van der Waals surface area contributed by atoms with E-state index in [9.17, 15) is 4.79 Å². The molecule has 0 saturated carbocycles. The summed E-state index contributed by atoms with van der Waals surface area (Å²) in [6.45, 7) is 7.75. The van der Waals surface area contributed by atoms with Crippen LogP contribution in [0.25, 0.3) is 0 Å². The van der Waals surface area contributed by atoms with Crippen LogP contribution < -0.4 is 5.32 Å². The molecule has 1 N–H and O–H groups in total. The fourth-order valence-electron chi connectivity index (χ4n) is 2.30. The SMILES string of the molecule is CCOC(=O)N1CCN(C(=NC)NCc2cnc(C)s2)CC1. The van der Waals surface area contributed by atoms with E-state index in [1.54, 1.807) is 23.3 Å². The van der Waals surface area contributed by atoms with Crippen molar-refractivity contribution in [3.63, 3.8) is 0 Å². The molecule has 8 heteroatoms. The molecule has 122 valence electrons. The average Bonchev–Trinajstić information content (AvgIpc) is 2.94. The molecular formula is C14H23N5O2S. The van der Waals surface area contributed by atoms with Crippen LogP contribution in [0.15, 0.2) is 11.2 Å². The average molecular weight is 325 g/mol. The van der Waals surface area contributed by atoms with Gasteiger partial charge in [0.15, 0.2) is 5.96 Å². The van der Waals surface area contributed by atoms with Crippen molar-refractivity contribution < 1.29 is 9.53 Å². The molecule has 22 heavy (non-hydrogen) atoms. The van der Waals surface area contributed by atoms with Crippen molar-refractivity contribution in [2.75, 3.05) is 39.8 Å². The van der Waals surface area contributed by atoms with Crippen molar-refractivity contribution in [3.8, 4) is 0 Å². The Morgan fingerprint density at radius 1 is 1.41 bits per heavy atom. The van der Waals surface area contributed by atoms with Gasteiger partial charge < -0.3 is 19.9 Å². The molecule has 1 aliphatic rings. The second-order valence-electron chi connectivity index (χ2n) is 4.92. The summed E-state index contributed by atoms with van der Waals surface area (Å²) in [5.41, 5.74) is 0. The molecule has 0 radical (unpaired) electrons. The first-order valence-corrected chi connectivity index (χ1v) is 8.24. The Kier molecular flexibility index (Phi) is 6.00. The highest BCUT2D eigenvalue weighted by Gasteiger charge is 2.23. The first-order chi connectivity index (χ1) is 10.6. The zero-order valence-electron chi connectivity index (χ0n) is 13.3. The van der Waals surface area contributed by atoms with Crippen LogP contribution in [-0.2, 0) is 11.3 Å². The lowest BCUT2D eigenvalue weighted by molar-refractivity contribution is 0.0914. The quantitative estimate of drug-likeness (QED) is 0.670. The van der Waals surface area contributed by atoms with E-state index >= 15 is 0 Å². The second-order valence-corrected chi connectivity index (χ2v) is 6.24. The summed E-state index contributed by atoms with van der Waals surface area (Å²) < 4.78 is 5.03. The molecule has 1 aromatic rings. The number of nitrogens with zero attached hydrogens (tertiary/aromatic N) is 4. The molecule has 0 atom stereocenters. The minimum Gasteiger partial charge on any atom is -0.450 e. The smallest absolute Gasteiger partial charge is 0.409 e. The minimum atomic E-state index is -0.231. The van der Waals surface area contributed by atoms with E-state index in [0.717, 1.165) is 30.6 Å². The molecule has 0 aromatic carbocycles. The lowest BCUT2D eigenvalue weighted by Crippen LogP contribution is -2.53. The van der Waals surface area contributed by atoms with Gasteiger partial charge in [-0.15, -0.1) is 11.3 Å². The Labute approximate surface area is 135 Å². The third-order valence-corrected chi connectivity index (χ3v) is 4.32. The topological polar surface area (TPSA) is 70.1 Å². The van der Waals surface area contributed by atoms with E-state index in [4.69, 9.17) is 4.74 Å². The molecule has 0 spiro atoms. The number of ether oxygens (including phenoxy) is 1. The first-order valence-electron chi connectivity index (χ1n) is 7.42. The van der Waals surface area contributed by atoms with Crippen molar-refractivity contribution in [3.05, 3.63) is 16.1 Å². The third kappa shape index (κ3) is 4.33. The first kappa shape index (κ1) is 16.5. The van der Waals surface area contributed by atoms with Crippen LogP contribution in [0, 0.1) is 6.92 Å². The van der Waals surface area contributed by atoms with Gasteiger partial charge in [-0.1, -0.05) is 0 Å². The van der Waals surface area contributed by atoms with Crippen molar-refractivity contribution in [2.45, 2.75) is 20.4 Å². The number of guanidine groups is 1. The van der Waals surface area contributed by atoms with Gasteiger partial charge in [0.1, 0.15) is 0 Å². The normalized spacial score (nSPS) is 15.9. The number of hydrogen-bond acceptors (Lipinski definition) is 5. The van der Waals surface area contributed by atoms with Gasteiger partial charge in [-0.3, -0.25) is 4.99 Å². The summed E-state index contributed by atoms with van der Waals surface area (Å²) in [6, 6.07) is 0. The molecular weight excluding hydrogens is 302 g/mol. The van der Waals surface area contributed by atoms with Gasteiger partial charge in [-0.05, 0) is 13.8 Å². The molecule has 0 unspecified atom stereocenters. The van der Waals surface area contributed by atoms with Crippen LogP contribution in [0.5, 0.6) is 0 Å². The summed E-state index contributed by atoms with van der Waals surface area (Å²) in [5, 5.41) is 4.41. The molecule has 1 amide bonds. The largest absolute Gasteiger partial charge is 0.450 e. The molecule has 0 bridgehead atoms. The zero-order valence-corrected chi connectivity index (χ0v) is 14.2. The molecule has 1 aliphatic heterocycles. The summed E-state index contributed by atoms with van der Waals surface area (Å²) in [7, 11) is 1.78. The Morgan fingerprint density at radius 3 is 2.64 bits per heavy atom. The predicted octanol–water partition coefficient (Wildman–Crippen LogP) is 1.30. The van der Waals surface area contributed by atoms with Gasteiger partial charge in [0, 0.05) is 44.3 Å². The number of nitrogens with one attached hydrogen (secondary N) is 1. The van der Waals surface area contributed by atoms with E-state index in [1.807, 2.05) is 20.0 Å². The maximum absolute atomic E-state index is 11.7. The maximum Gasteiger partial charge on any atom is 0.409 e. The van der Waals surface area contributed by atoms with Gasteiger partial charge in [0.25, 0.3) is 0 Å². The number of aliphatic imine (C=N–C) groups is 1. The predicted molar refractivity (Wildman–Crippen MR) is 87.2 cm³/mol. The number of amides is 1. The number of thiazole rings is 1. The molecule has 2 rings (SSSR count). The highest BCUT2D eigenvalue weighted by Crippen LogP contribution is 2.11. The van der Waals surface area contributed by atoms with Crippen molar-refractivity contribution in [2.24, 2.45) is 4.99 Å². The number of aryl methyl sites for hydroxylation is 1. The van der Waals surface area contributed by atoms with Crippen molar-refractivity contribution in [1.82, 2.24) is 20.1 Å². The summed E-state index contributed by atoms with van der Waals surface area (Å²) in [4.78, 5) is 25.3. The number of piperazine rings is 1. The summed E-state index contributed by atoms with van der Waals surface area (Å²) >= 11 is 1.68. The van der Waals surface area contributed by atoms with E-state index in [-0.39, 0.29) is 6.09 Å². The second kappa shape index (κ2) is 7.98. The van der Waals surface area contributed by atoms with Crippen LogP contribution in [-0.4, -0.2) is 66.7 Å². The maximum atomic E-state index is 11.7. The van der Waals surface area contributed by atoms with Crippen LogP contribution in [0.1, 0.15) is 16.8 Å². The van der Waals surface area contributed by atoms with Gasteiger partial charge in [-0.25, -0.2) is 9.78 Å². The molecule has 7 nitrogen and oxygen atoms in total. The van der Waals surface area contributed by atoms with E-state index in [1.165, 1.54) is 4.88 Å². The molecule has 2 heterocycles. The van der Waals surface area contributed by atoms with Gasteiger partial charge >= 0.3 is 6.09 Å². The van der Waals surface area contributed by atoms with E-state index < -0.39 is 0 Å². The van der Waals surface area contributed by atoms with Gasteiger partial charge in [0.2, 0.25) is 0 Å². The summed E-state index contributed by atoms with van der Waals surface area (Å²) in [6.07, 6.45) is 1.66.